The van der Waals surface area contributed by atoms with Crippen LogP contribution in [0.4, 0.5) is 0 Å². The first-order chi connectivity index (χ1) is 12.3. The zero-order valence-electron chi connectivity index (χ0n) is 14.1. The molecule has 0 saturated carbocycles. The number of rotatable bonds is 3. The number of fused-ring (bicyclic) bond motifs is 5. The molecule has 128 valence electrons. The lowest BCUT2D eigenvalue weighted by Crippen LogP contribution is -2.51. The van der Waals surface area contributed by atoms with E-state index >= 15 is 0 Å². The first kappa shape index (κ1) is 15.1. The van der Waals surface area contributed by atoms with E-state index in [1.54, 1.807) is 0 Å². The van der Waals surface area contributed by atoms with Crippen LogP contribution in [0.3, 0.4) is 0 Å². The van der Waals surface area contributed by atoms with Gasteiger partial charge in [-0.25, -0.2) is 0 Å². The van der Waals surface area contributed by atoms with E-state index in [1.165, 1.54) is 25.9 Å². The van der Waals surface area contributed by atoms with Crippen LogP contribution in [0.5, 0.6) is 0 Å². The molecular formula is C21H21NO3. The third-order valence-electron chi connectivity index (χ3n) is 5.74. The van der Waals surface area contributed by atoms with Crippen LogP contribution in [0.1, 0.15) is 18.4 Å². The summed E-state index contributed by atoms with van der Waals surface area (Å²) in [5, 5.41) is 1.28. The van der Waals surface area contributed by atoms with E-state index in [2.05, 4.69) is 4.90 Å². The Morgan fingerprint density at radius 2 is 1.84 bits per heavy atom. The standard InChI is InChI=1S/C21H21NO3/c23-21-16-5-1-2-6-17(16)25-18-7-3-4-15(20(18)21)13-24-19-12-22-10-8-14(19)9-11-22/h1-7,14,19H,8-13H2. The van der Waals surface area contributed by atoms with Gasteiger partial charge in [0.2, 0.25) is 5.43 Å². The number of ether oxygens (including phenoxy) is 1. The van der Waals surface area contributed by atoms with Crippen molar-refractivity contribution in [1.82, 2.24) is 4.90 Å². The summed E-state index contributed by atoms with van der Waals surface area (Å²) in [6.45, 7) is 3.89. The summed E-state index contributed by atoms with van der Waals surface area (Å²) in [6, 6.07) is 13.2. The molecule has 2 bridgehead atoms. The molecular weight excluding hydrogens is 314 g/mol. The third kappa shape index (κ3) is 2.57. The van der Waals surface area contributed by atoms with Gasteiger partial charge in [0.25, 0.3) is 0 Å². The molecule has 1 unspecified atom stereocenters. The van der Waals surface area contributed by atoms with Crippen LogP contribution in [0.25, 0.3) is 21.9 Å². The first-order valence-electron chi connectivity index (χ1n) is 9.07. The molecule has 4 heteroatoms. The van der Waals surface area contributed by atoms with E-state index in [1.807, 2.05) is 42.5 Å². The number of hydrogen-bond acceptors (Lipinski definition) is 4. The molecule has 0 N–H and O–H groups in total. The van der Waals surface area contributed by atoms with Gasteiger partial charge in [-0.3, -0.25) is 4.79 Å². The van der Waals surface area contributed by atoms with Crippen molar-refractivity contribution >= 4 is 21.9 Å². The highest BCUT2D eigenvalue weighted by Crippen LogP contribution is 2.30. The number of benzene rings is 2. The number of piperidine rings is 3. The Morgan fingerprint density at radius 3 is 2.64 bits per heavy atom. The number of para-hydroxylation sites is 1. The fraction of sp³-hybridized carbons (Fsp3) is 0.381. The van der Waals surface area contributed by atoms with Crippen molar-refractivity contribution in [2.45, 2.75) is 25.6 Å². The summed E-state index contributed by atoms with van der Waals surface area (Å²) in [4.78, 5) is 15.4. The van der Waals surface area contributed by atoms with Gasteiger partial charge >= 0.3 is 0 Å². The molecule has 3 aliphatic heterocycles. The van der Waals surface area contributed by atoms with Gasteiger partial charge in [0, 0.05) is 6.54 Å². The Kier molecular flexibility index (Phi) is 3.61. The van der Waals surface area contributed by atoms with Crippen LogP contribution in [-0.2, 0) is 11.3 Å². The van der Waals surface area contributed by atoms with Gasteiger partial charge in [-0.15, -0.1) is 0 Å². The van der Waals surface area contributed by atoms with Crippen LogP contribution >= 0.6 is 0 Å². The molecule has 4 heterocycles. The van der Waals surface area contributed by atoms with Crippen LogP contribution in [0.2, 0.25) is 0 Å². The van der Waals surface area contributed by atoms with E-state index < -0.39 is 0 Å². The van der Waals surface area contributed by atoms with Gasteiger partial charge in [0.1, 0.15) is 11.2 Å². The average Bonchev–Trinajstić information content (AvgIpc) is 2.67. The van der Waals surface area contributed by atoms with Gasteiger partial charge in [0.15, 0.2) is 0 Å². The van der Waals surface area contributed by atoms with Crippen molar-refractivity contribution in [2.24, 2.45) is 5.92 Å². The monoisotopic (exact) mass is 335 g/mol. The van der Waals surface area contributed by atoms with Crippen molar-refractivity contribution < 1.29 is 9.15 Å². The maximum Gasteiger partial charge on any atom is 0.200 e. The predicted octanol–water partition coefficient (Wildman–Crippen LogP) is 3.56. The van der Waals surface area contributed by atoms with Crippen molar-refractivity contribution in [1.29, 1.82) is 0 Å². The van der Waals surface area contributed by atoms with Gasteiger partial charge in [-0.05, 0) is 55.6 Å². The van der Waals surface area contributed by atoms with Gasteiger partial charge in [-0.1, -0.05) is 24.3 Å². The summed E-state index contributed by atoms with van der Waals surface area (Å²) in [5.41, 5.74) is 2.23. The molecule has 2 aromatic carbocycles. The summed E-state index contributed by atoms with van der Waals surface area (Å²) < 4.78 is 12.2. The van der Waals surface area contributed by atoms with Crippen LogP contribution < -0.4 is 5.43 Å². The van der Waals surface area contributed by atoms with Crippen LogP contribution in [0, 0.1) is 5.92 Å². The van der Waals surface area contributed by atoms with Crippen LogP contribution in [0.15, 0.2) is 51.7 Å². The molecule has 0 aliphatic carbocycles. The lowest BCUT2D eigenvalue weighted by molar-refractivity contribution is -0.0763. The highest BCUT2D eigenvalue weighted by atomic mass is 16.5. The quantitative estimate of drug-likeness (QED) is 0.687. The molecule has 4 nitrogen and oxygen atoms in total. The van der Waals surface area contributed by atoms with E-state index in [4.69, 9.17) is 9.15 Å². The fourth-order valence-electron chi connectivity index (χ4n) is 4.33. The Balaban J connectivity index is 1.51. The Morgan fingerprint density at radius 1 is 1.04 bits per heavy atom. The number of nitrogens with zero attached hydrogens (tertiary/aromatic N) is 1. The second-order valence-electron chi connectivity index (χ2n) is 7.21. The summed E-state index contributed by atoms with van der Waals surface area (Å²) >= 11 is 0. The second-order valence-corrected chi connectivity index (χ2v) is 7.21. The molecule has 3 aliphatic rings. The molecule has 25 heavy (non-hydrogen) atoms. The number of hydrogen-bond donors (Lipinski definition) is 0. The SMILES string of the molecule is O=c1c2ccccc2oc2cccc(COC3CN4CCC3CC4)c12. The van der Waals surface area contributed by atoms with E-state index in [9.17, 15) is 4.79 Å². The highest BCUT2D eigenvalue weighted by Gasteiger charge is 2.34. The molecule has 6 rings (SSSR count). The molecule has 0 radical (unpaired) electrons. The summed E-state index contributed by atoms with van der Waals surface area (Å²) in [5.74, 6) is 0.664. The topological polar surface area (TPSA) is 42.7 Å². The van der Waals surface area contributed by atoms with Crippen molar-refractivity contribution in [2.75, 3.05) is 19.6 Å². The Hall–Kier alpha value is -2.17. The van der Waals surface area contributed by atoms with Gasteiger partial charge in [-0.2, -0.15) is 0 Å². The fourth-order valence-corrected chi connectivity index (χ4v) is 4.33. The van der Waals surface area contributed by atoms with Crippen molar-refractivity contribution in [3.63, 3.8) is 0 Å². The van der Waals surface area contributed by atoms with Gasteiger partial charge < -0.3 is 14.1 Å². The maximum absolute atomic E-state index is 13.0. The molecule has 0 amide bonds. The minimum atomic E-state index is 0.0324. The summed E-state index contributed by atoms with van der Waals surface area (Å²) in [7, 11) is 0. The molecule has 1 aromatic heterocycles. The Labute approximate surface area is 146 Å². The zero-order valence-corrected chi connectivity index (χ0v) is 14.1. The average molecular weight is 335 g/mol. The molecule has 0 spiro atoms. The molecule has 3 aromatic rings. The minimum absolute atomic E-state index is 0.0324. The maximum atomic E-state index is 13.0. The molecule has 3 saturated heterocycles. The second kappa shape index (κ2) is 5.97. The molecule has 1 atom stereocenters. The summed E-state index contributed by atoms with van der Waals surface area (Å²) in [6.07, 6.45) is 2.74. The normalized spacial score (nSPS) is 25.7. The third-order valence-corrected chi connectivity index (χ3v) is 5.74. The lowest BCUT2D eigenvalue weighted by atomic mass is 9.86. The Bertz CT molecular complexity index is 985. The predicted molar refractivity (Wildman–Crippen MR) is 97.7 cm³/mol. The van der Waals surface area contributed by atoms with Crippen LogP contribution in [-0.4, -0.2) is 30.6 Å². The molecule has 3 fully saturated rings. The highest BCUT2D eigenvalue weighted by molar-refractivity contribution is 5.91. The zero-order chi connectivity index (χ0) is 16.8. The van der Waals surface area contributed by atoms with E-state index in [0.717, 1.165) is 12.1 Å². The van der Waals surface area contributed by atoms with E-state index in [0.29, 0.717) is 34.5 Å². The van der Waals surface area contributed by atoms with E-state index in [-0.39, 0.29) is 11.5 Å². The first-order valence-corrected chi connectivity index (χ1v) is 9.07. The lowest BCUT2D eigenvalue weighted by Gasteiger charge is -2.44. The van der Waals surface area contributed by atoms with Crippen molar-refractivity contribution in [3.8, 4) is 0 Å². The minimum Gasteiger partial charge on any atom is -0.456 e. The van der Waals surface area contributed by atoms with Crippen molar-refractivity contribution in [3.05, 3.63) is 58.3 Å². The largest absolute Gasteiger partial charge is 0.456 e. The smallest absolute Gasteiger partial charge is 0.200 e. The van der Waals surface area contributed by atoms with Gasteiger partial charge in [0.05, 0.1) is 23.5 Å².